The summed E-state index contributed by atoms with van der Waals surface area (Å²) in [6.07, 6.45) is 4.18. The maximum atomic E-state index is 4.54. The molecule has 0 unspecified atom stereocenters. The molecule has 0 aliphatic carbocycles. The van der Waals surface area contributed by atoms with E-state index in [1.165, 1.54) is 11.3 Å². The molecule has 0 saturated heterocycles. The van der Waals surface area contributed by atoms with E-state index in [0.29, 0.717) is 11.8 Å². The van der Waals surface area contributed by atoms with Crippen LogP contribution in [0.3, 0.4) is 0 Å². The van der Waals surface area contributed by atoms with Gasteiger partial charge in [-0.15, -0.1) is 0 Å². The van der Waals surface area contributed by atoms with Gasteiger partial charge in [0, 0.05) is 17.8 Å². The second-order valence-corrected chi connectivity index (χ2v) is 4.69. The van der Waals surface area contributed by atoms with Crippen molar-refractivity contribution in [3.63, 3.8) is 0 Å². The summed E-state index contributed by atoms with van der Waals surface area (Å²) >= 11 is 0. The van der Waals surface area contributed by atoms with Crippen molar-refractivity contribution in [3.05, 3.63) is 66.0 Å². The van der Waals surface area contributed by atoms with Gasteiger partial charge < -0.3 is 0 Å². The summed E-state index contributed by atoms with van der Waals surface area (Å²) < 4.78 is 0. The molecule has 2 atom stereocenters. The molecule has 0 spiro atoms. The normalized spacial score (nSPS) is 14.1. The molecule has 1 heteroatoms. The number of aromatic nitrogens is 1. The summed E-state index contributed by atoms with van der Waals surface area (Å²) in [5.41, 5.74) is 2.65. The van der Waals surface area contributed by atoms with Crippen LogP contribution in [0.1, 0.15) is 49.8 Å². The quantitative estimate of drug-likeness (QED) is 0.732. The molecule has 0 amide bonds. The van der Waals surface area contributed by atoms with Crippen molar-refractivity contribution >= 4 is 0 Å². The molecule has 18 heavy (non-hydrogen) atoms. The molecule has 0 saturated carbocycles. The van der Waals surface area contributed by atoms with E-state index in [0.717, 1.165) is 12.8 Å². The van der Waals surface area contributed by atoms with E-state index in [4.69, 9.17) is 0 Å². The SMILES string of the molecule is CC[C@H](c1ccccc1)[C@@H](CC)c1ccccn1. The van der Waals surface area contributed by atoms with Gasteiger partial charge in [-0.1, -0.05) is 50.2 Å². The first-order valence-corrected chi connectivity index (χ1v) is 6.82. The van der Waals surface area contributed by atoms with Gasteiger partial charge in [0.1, 0.15) is 0 Å². The van der Waals surface area contributed by atoms with Crippen LogP contribution in [0, 0.1) is 0 Å². The third-order valence-electron chi connectivity index (χ3n) is 3.66. The lowest BCUT2D eigenvalue weighted by Crippen LogP contribution is -2.11. The van der Waals surface area contributed by atoms with Crippen LogP contribution in [0.5, 0.6) is 0 Å². The number of benzene rings is 1. The van der Waals surface area contributed by atoms with Crippen LogP contribution in [-0.2, 0) is 0 Å². The van der Waals surface area contributed by atoms with Crippen molar-refractivity contribution in [2.45, 2.75) is 38.5 Å². The standard InChI is InChI=1S/C17H21N/c1-3-15(14-10-6-5-7-11-14)16(4-2)17-12-8-9-13-18-17/h5-13,15-16H,3-4H2,1-2H3/t15-,16-/m1/s1. The van der Waals surface area contributed by atoms with E-state index in [9.17, 15) is 0 Å². The van der Waals surface area contributed by atoms with Gasteiger partial charge in [-0.3, -0.25) is 4.98 Å². The molecule has 2 aromatic rings. The van der Waals surface area contributed by atoms with E-state index < -0.39 is 0 Å². The molecule has 0 aliphatic rings. The molecule has 0 fully saturated rings. The average Bonchev–Trinajstić information content (AvgIpc) is 2.46. The topological polar surface area (TPSA) is 12.9 Å². The Morgan fingerprint density at radius 2 is 1.50 bits per heavy atom. The Morgan fingerprint density at radius 1 is 0.833 bits per heavy atom. The zero-order valence-electron chi connectivity index (χ0n) is 11.2. The predicted octanol–water partition coefficient (Wildman–Crippen LogP) is 4.77. The number of hydrogen-bond acceptors (Lipinski definition) is 1. The minimum atomic E-state index is 0.513. The number of hydrogen-bond donors (Lipinski definition) is 0. The number of pyridine rings is 1. The van der Waals surface area contributed by atoms with Gasteiger partial charge in [0.15, 0.2) is 0 Å². The molecule has 2 rings (SSSR count). The van der Waals surface area contributed by atoms with Crippen molar-refractivity contribution in [3.8, 4) is 0 Å². The smallest absolute Gasteiger partial charge is 0.0440 e. The molecule has 94 valence electrons. The Labute approximate surface area is 110 Å². The van der Waals surface area contributed by atoms with Gasteiger partial charge in [-0.2, -0.15) is 0 Å². The molecule has 0 aliphatic heterocycles. The van der Waals surface area contributed by atoms with Gasteiger partial charge in [0.2, 0.25) is 0 Å². The molecule has 1 aromatic heterocycles. The fourth-order valence-electron chi connectivity index (χ4n) is 2.75. The van der Waals surface area contributed by atoms with E-state index in [-0.39, 0.29) is 0 Å². The highest BCUT2D eigenvalue weighted by atomic mass is 14.7. The lowest BCUT2D eigenvalue weighted by atomic mass is 9.80. The van der Waals surface area contributed by atoms with Gasteiger partial charge in [0.05, 0.1) is 0 Å². The zero-order chi connectivity index (χ0) is 12.8. The first-order valence-electron chi connectivity index (χ1n) is 6.82. The summed E-state index contributed by atoms with van der Waals surface area (Å²) in [5.74, 6) is 1.07. The Hall–Kier alpha value is -1.63. The highest BCUT2D eigenvalue weighted by Gasteiger charge is 2.22. The Balaban J connectivity index is 2.31. The van der Waals surface area contributed by atoms with Crippen LogP contribution in [0.2, 0.25) is 0 Å². The fraction of sp³-hybridized carbons (Fsp3) is 0.353. The van der Waals surface area contributed by atoms with Gasteiger partial charge in [-0.25, -0.2) is 0 Å². The van der Waals surface area contributed by atoms with Crippen LogP contribution in [-0.4, -0.2) is 4.98 Å². The van der Waals surface area contributed by atoms with Crippen molar-refractivity contribution in [2.75, 3.05) is 0 Å². The van der Waals surface area contributed by atoms with Crippen LogP contribution < -0.4 is 0 Å². The van der Waals surface area contributed by atoms with Gasteiger partial charge in [0.25, 0.3) is 0 Å². The fourth-order valence-corrected chi connectivity index (χ4v) is 2.75. The molecule has 1 nitrogen and oxygen atoms in total. The van der Waals surface area contributed by atoms with Crippen LogP contribution in [0.15, 0.2) is 54.7 Å². The summed E-state index contributed by atoms with van der Waals surface area (Å²) in [5, 5.41) is 0. The summed E-state index contributed by atoms with van der Waals surface area (Å²) in [6.45, 7) is 4.52. The molecular weight excluding hydrogens is 218 g/mol. The van der Waals surface area contributed by atoms with Crippen molar-refractivity contribution in [1.29, 1.82) is 0 Å². The van der Waals surface area contributed by atoms with E-state index >= 15 is 0 Å². The molecule has 0 N–H and O–H groups in total. The van der Waals surface area contributed by atoms with E-state index in [2.05, 4.69) is 61.3 Å². The summed E-state index contributed by atoms with van der Waals surface area (Å²) in [6, 6.07) is 17.0. The summed E-state index contributed by atoms with van der Waals surface area (Å²) in [7, 11) is 0. The Kier molecular flexibility index (Phi) is 4.52. The van der Waals surface area contributed by atoms with Crippen molar-refractivity contribution < 1.29 is 0 Å². The maximum Gasteiger partial charge on any atom is 0.0440 e. The molecule has 1 heterocycles. The average molecular weight is 239 g/mol. The van der Waals surface area contributed by atoms with Gasteiger partial charge in [-0.05, 0) is 36.5 Å². The molecule has 0 radical (unpaired) electrons. The first kappa shape index (κ1) is 12.8. The van der Waals surface area contributed by atoms with E-state index in [1.807, 2.05) is 12.3 Å². The third-order valence-corrected chi connectivity index (χ3v) is 3.66. The first-order chi connectivity index (χ1) is 8.86. The van der Waals surface area contributed by atoms with Crippen molar-refractivity contribution in [1.82, 2.24) is 4.98 Å². The third kappa shape index (κ3) is 2.79. The highest BCUT2D eigenvalue weighted by Crippen LogP contribution is 2.36. The van der Waals surface area contributed by atoms with Crippen LogP contribution in [0.4, 0.5) is 0 Å². The lowest BCUT2D eigenvalue weighted by molar-refractivity contribution is 0.500. The maximum absolute atomic E-state index is 4.54. The van der Waals surface area contributed by atoms with Crippen molar-refractivity contribution in [2.24, 2.45) is 0 Å². The van der Waals surface area contributed by atoms with Gasteiger partial charge >= 0.3 is 0 Å². The molecular formula is C17H21N. The minimum absolute atomic E-state index is 0.513. The van der Waals surface area contributed by atoms with E-state index in [1.54, 1.807) is 0 Å². The second kappa shape index (κ2) is 6.34. The van der Waals surface area contributed by atoms with Crippen LogP contribution in [0.25, 0.3) is 0 Å². The monoisotopic (exact) mass is 239 g/mol. The largest absolute Gasteiger partial charge is 0.261 e. The Bertz CT molecular complexity index is 404. The lowest BCUT2D eigenvalue weighted by Gasteiger charge is -2.25. The minimum Gasteiger partial charge on any atom is -0.261 e. The zero-order valence-corrected chi connectivity index (χ0v) is 11.2. The Morgan fingerprint density at radius 3 is 2.06 bits per heavy atom. The highest BCUT2D eigenvalue weighted by molar-refractivity contribution is 5.25. The second-order valence-electron chi connectivity index (χ2n) is 4.69. The molecule has 0 bridgehead atoms. The summed E-state index contributed by atoms with van der Waals surface area (Å²) in [4.78, 5) is 4.54. The van der Waals surface area contributed by atoms with Crippen LogP contribution >= 0.6 is 0 Å². The molecule has 1 aromatic carbocycles. The number of rotatable bonds is 5. The number of nitrogens with zero attached hydrogens (tertiary/aromatic N) is 1. The predicted molar refractivity (Wildman–Crippen MR) is 76.7 cm³/mol.